The minimum atomic E-state index is -0.464. The van der Waals surface area contributed by atoms with Crippen LogP contribution in [0.1, 0.15) is 56.3 Å². The molecule has 1 aromatic carbocycles. The number of nitrogens with one attached hydrogen (secondary N) is 1. The Morgan fingerprint density at radius 3 is 2.39 bits per heavy atom. The predicted molar refractivity (Wildman–Crippen MR) is 116 cm³/mol. The van der Waals surface area contributed by atoms with Crippen LogP contribution < -0.4 is 4.90 Å². The lowest BCUT2D eigenvalue weighted by Gasteiger charge is -2.36. The van der Waals surface area contributed by atoms with Crippen LogP contribution in [0.3, 0.4) is 0 Å². The van der Waals surface area contributed by atoms with Crippen molar-refractivity contribution < 1.29 is 23.5 Å². The summed E-state index contributed by atoms with van der Waals surface area (Å²) in [6.45, 7) is 9.50. The Morgan fingerprint density at radius 2 is 1.81 bits per heavy atom. The Kier molecular flexibility index (Phi) is 6.90. The standard InChI is InChI=1S/C23H28FN3O4/c1-5-31-23(30)22-14(2)21(15(3)25-22)20(29)13-26-8-10-27(11-9-26)19-7-6-17(16(4)28)12-18(19)24/h6-7,12,25H,5,8-11,13H2,1-4H3. The van der Waals surface area contributed by atoms with Crippen LogP contribution in [0.25, 0.3) is 0 Å². The molecule has 0 atom stereocenters. The van der Waals surface area contributed by atoms with Crippen LogP contribution in [-0.4, -0.2) is 66.8 Å². The lowest BCUT2D eigenvalue weighted by atomic mass is 10.0. The van der Waals surface area contributed by atoms with Crippen molar-refractivity contribution in [2.24, 2.45) is 0 Å². The molecule has 31 heavy (non-hydrogen) atoms. The number of ketones is 2. The second-order valence-corrected chi connectivity index (χ2v) is 7.75. The number of benzene rings is 1. The van der Waals surface area contributed by atoms with Gasteiger partial charge in [-0.05, 0) is 51.5 Å². The zero-order valence-corrected chi connectivity index (χ0v) is 18.4. The van der Waals surface area contributed by atoms with Crippen molar-refractivity contribution >= 4 is 23.2 Å². The van der Waals surface area contributed by atoms with Gasteiger partial charge in [0.15, 0.2) is 11.6 Å². The minimum absolute atomic E-state index is 0.0627. The second-order valence-electron chi connectivity index (χ2n) is 7.75. The molecule has 0 saturated carbocycles. The molecule has 2 aromatic rings. The fourth-order valence-electron chi connectivity index (χ4n) is 3.99. The normalized spacial score (nSPS) is 14.5. The number of carbonyl (C=O) groups is 3. The highest BCUT2D eigenvalue weighted by molar-refractivity contribution is 6.03. The number of ether oxygens (including phenoxy) is 1. The SMILES string of the molecule is CCOC(=O)c1[nH]c(C)c(C(=O)CN2CCN(c3ccc(C(C)=O)cc3F)CC2)c1C. The summed E-state index contributed by atoms with van der Waals surface area (Å²) in [5, 5.41) is 0. The van der Waals surface area contributed by atoms with Gasteiger partial charge in [-0.1, -0.05) is 0 Å². The Balaban J connectivity index is 1.63. The molecular weight excluding hydrogens is 401 g/mol. The summed E-state index contributed by atoms with van der Waals surface area (Å²) in [6, 6.07) is 4.54. The third-order valence-corrected chi connectivity index (χ3v) is 5.63. The van der Waals surface area contributed by atoms with Crippen molar-refractivity contribution in [2.75, 3.05) is 44.2 Å². The molecule has 1 N–H and O–H groups in total. The molecule has 0 spiro atoms. The fourth-order valence-corrected chi connectivity index (χ4v) is 3.99. The van der Waals surface area contributed by atoms with Gasteiger partial charge in [-0.25, -0.2) is 9.18 Å². The molecule has 1 aliphatic heterocycles. The lowest BCUT2D eigenvalue weighted by Crippen LogP contribution is -2.48. The van der Waals surface area contributed by atoms with E-state index in [0.29, 0.717) is 59.9 Å². The first-order valence-corrected chi connectivity index (χ1v) is 10.4. The fraction of sp³-hybridized carbons (Fsp3) is 0.435. The van der Waals surface area contributed by atoms with E-state index in [9.17, 15) is 18.8 Å². The van der Waals surface area contributed by atoms with Crippen LogP contribution in [0.4, 0.5) is 10.1 Å². The van der Waals surface area contributed by atoms with E-state index in [0.717, 1.165) is 0 Å². The summed E-state index contributed by atoms with van der Waals surface area (Å²) in [5.41, 5.74) is 2.91. The summed E-state index contributed by atoms with van der Waals surface area (Å²) >= 11 is 0. The number of anilines is 1. The van der Waals surface area contributed by atoms with Gasteiger partial charge in [0.1, 0.15) is 11.5 Å². The first-order valence-electron chi connectivity index (χ1n) is 10.4. The van der Waals surface area contributed by atoms with E-state index in [4.69, 9.17) is 4.74 Å². The molecule has 1 aromatic heterocycles. The van der Waals surface area contributed by atoms with Gasteiger partial charge >= 0.3 is 5.97 Å². The Labute approximate surface area is 181 Å². The van der Waals surface area contributed by atoms with E-state index in [1.165, 1.54) is 13.0 Å². The minimum Gasteiger partial charge on any atom is -0.461 e. The number of rotatable bonds is 7. The number of aromatic amines is 1. The number of halogens is 1. The number of hydrogen-bond donors (Lipinski definition) is 1. The highest BCUT2D eigenvalue weighted by atomic mass is 19.1. The number of hydrogen-bond acceptors (Lipinski definition) is 6. The van der Waals surface area contributed by atoms with E-state index in [1.54, 1.807) is 32.9 Å². The van der Waals surface area contributed by atoms with Gasteiger partial charge in [-0.15, -0.1) is 0 Å². The highest BCUT2D eigenvalue weighted by Gasteiger charge is 2.26. The molecule has 8 heteroatoms. The van der Waals surface area contributed by atoms with Crippen LogP contribution in [0.15, 0.2) is 18.2 Å². The molecule has 7 nitrogen and oxygen atoms in total. The molecule has 0 radical (unpaired) electrons. The lowest BCUT2D eigenvalue weighted by molar-refractivity contribution is 0.0519. The van der Waals surface area contributed by atoms with Crippen LogP contribution in [0.2, 0.25) is 0 Å². The third kappa shape index (κ3) is 4.85. The average Bonchev–Trinajstić information content (AvgIpc) is 3.03. The molecule has 1 fully saturated rings. The molecule has 0 amide bonds. The maximum absolute atomic E-state index is 14.4. The third-order valence-electron chi connectivity index (χ3n) is 5.63. The number of aromatic nitrogens is 1. The average molecular weight is 429 g/mol. The van der Waals surface area contributed by atoms with Crippen LogP contribution in [-0.2, 0) is 4.74 Å². The van der Waals surface area contributed by atoms with Gasteiger partial charge in [0.2, 0.25) is 0 Å². The molecule has 166 valence electrons. The number of aryl methyl sites for hydroxylation is 1. The van der Waals surface area contributed by atoms with E-state index in [2.05, 4.69) is 4.98 Å². The van der Waals surface area contributed by atoms with E-state index in [1.807, 2.05) is 9.80 Å². The highest BCUT2D eigenvalue weighted by Crippen LogP contribution is 2.23. The quantitative estimate of drug-likeness (QED) is 0.538. The van der Waals surface area contributed by atoms with Gasteiger partial charge in [0, 0.05) is 43.0 Å². The van der Waals surface area contributed by atoms with Crippen LogP contribution in [0, 0.1) is 19.7 Å². The van der Waals surface area contributed by atoms with Crippen molar-refractivity contribution in [1.82, 2.24) is 9.88 Å². The second kappa shape index (κ2) is 9.43. The van der Waals surface area contributed by atoms with Gasteiger partial charge in [-0.3, -0.25) is 14.5 Å². The Morgan fingerprint density at radius 1 is 1.13 bits per heavy atom. The summed E-state index contributed by atoms with van der Waals surface area (Å²) in [4.78, 5) is 43.3. The smallest absolute Gasteiger partial charge is 0.355 e. The zero-order valence-electron chi connectivity index (χ0n) is 18.4. The number of esters is 1. The molecule has 0 unspecified atom stereocenters. The van der Waals surface area contributed by atoms with Crippen molar-refractivity contribution in [3.8, 4) is 0 Å². The van der Waals surface area contributed by atoms with Gasteiger partial charge in [0.25, 0.3) is 0 Å². The number of H-pyrrole nitrogens is 1. The number of carbonyl (C=O) groups excluding carboxylic acids is 3. The summed E-state index contributed by atoms with van der Waals surface area (Å²) in [7, 11) is 0. The topological polar surface area (TPSA) is 82.7 Å². The Bertz CT molecular complexity index is 1010. The molecule has 2 heterocycles. The molecule has 1 aliphatic rings. The van der Waals surface area contributed by atoms with Gasteiger partial charge in [0.05, 0.1) is 18.8 Å². The monoisotopic (exact) mass is 429 g/mol. The maximum Gasteiger partial charge on any atom is 0.355 e. The molecule has 3 rings (SSSR count). The van der Waals surface area contributed by atoms with Crippen molar-refractivity contribution in [1.29, 1.82) is 0 Å². The first kappa shape index (κ1) is 22.7. The van der Waals surface area contributed by atoms with Crippen LogP contribution in [0.5, 0.6) is 0 Å². The summed E-state index contributed by atoms with van der Waals surface area (Å²) in [5.74, 6) is -1.11. The van der Waals surface area contributed by atoms with Crippen molar-refractivity contribution in [3.05, 3.63) is 52.1 Å². The number of piperazine rings is 1. The van der Waals surface area contributed by atoms with E-state index < -0.39 is 11.8 Å². The summed E-state index contributed by atoms with van der Waals surface area (Å²) < 4.78 is 19.5. The molecule has 1 saturated heterocycles. The molecule has 0 aliphatic carbocycles. The predicted octanol–water partition coefficient (Wildman–Crippen LogP) is 3.15. The summed E-state index contributed by atoms with van der Waals surface area (Å²) in [6.07, 6.45) is 0. The molecular formula is C23H28FN3O4. The zero-order chi connectivity index (χ0) is 22.7. The van der Waals surface area contributed by atoms with E-state index >= 15 is 0 Å². The molecule has 0 bridgehead atoms. The largest absolute Gasteiger partial charge is 0.461 e. The van der Waals surface area contributed by atoms with Crippen molar-refractivity contribution in [2.45, 2.75) is 27.7 Å². The van der Waals surface area contributed by atoms with Gasteiger partial charge in [-0.2, -0.15) is 0 Å². The maximum atomic E-state index is 14.4. The van der Waals surface area contributed by atoms with Gasteiger partial charge < -0.3 is 14.6 Å². The number of nitrogens with zero attached hydrogens (tertiary/aromatic N) is 2. The number of Topliss-reactive ketones (excluding diaryl/α,β-unsaturated/α-hetero) is 2. The Hall–Kier alpha value is -3.00. The van der Waals surface area contributed by atoms with Crippen molar-refractivity contribution in [3.63, 3.8) is 0 Å². The van der Waals surface area contributed by atoms with Crippen LogP contribution >= 0.6 is 0 Å². The first-order chi connectivity index (χ1) is 14.7. The van der Waals surface area contributed by atoms with E-state index in [-0.39, 0.29) is 24.7 Å².